The number of benzene rings is 2. The summed E-state index contributed by atoms with van der Waals surface area (Å²) in [6, 6.07) is 14.2. The van der Waals surface area contributed by atoms with E-state index in [0.717, 1.165) is 11.3 Å². The first-order valence-electron chi connectivity index (χ1n) is 6.91. The number of amides is 1. The fourth-order valence-corrected chi connectivity index (χ4v) is 3.86. The third kappa shape index (κ3) is 2.68. The Morgan fingerprint density at radius 2 is 1.90 bits per heavy atom. The monoisotopic (exact) mass is 301 g/mol. The van der Waals surface area contributed by atoms with E-state index < -0.39 is 0 Å². The quantitative estimate of drug-likeness (QED) is 0.835. The molecule has 2 aromatic carbocycles. The molecule has 0 saturated carbocycles. The third-order valence-corrected chi connectivity index (χ3v) is 4.94. The van der Waals surface area contributed by atoms with Crippen LogP contribution in [0.1, 0.15) is 26.9 Å². The molecular weight excluding hydrogens is 285 g/mol. The minimum absolute atomic E-state index is 0.0219. The predicted octanol–water partition coefficient (Wildman–Crippen LogP) is 4.02. The maximum absolute atomic E-state index is 14.0. The lowest BCUT2D eigenvalue weighted by atomic mass is 10.1. The van der Waals surface area contributed by atoms with Gasteiger partial charge in [0, 0.05) is 23.4 Å². The van der Waals surface area contributed by atoms with Gasteiger partial charge in [-0.25, -0.2) is 4.39 Å². The molecule has 1 aliphatic rings. The van der Waals surface area contributed by atoms with E-state index in [1.165, 1.54) is 6.07 Å². The molecule has 4 heteroatoms. The van der Waals surface area contributed by atoms with E-state index in [1.54, 1.807) is 28.8 Å². The summed E-state index contributed by atoms with van der Waals surface area (Å²) in [5, 5.41) is -0.238. The van der Waals surface area contributed by atoms with Crippen LogP contribution < -0.4 is 0 Å². The Labute approximate surface area is 128 Å². The summed E-state index contributed by atoms with van der Waals surface area (Å²) in [5.74, 6) is 0.558. The zero-order valence-electron chi connectivity index (χ0n) is 11.8. The van der Waals surface area contributed by atoms with Crippen LogP contribution >= 0.6 is 11.8 Å². The van der Waals surface area contributed by atoms with Crippen molar-refractivity contribution in [2.45, 2.75) is 12.3 Å². The normalized spacial score (nSPS) is 18.0. The average Bonchev–Trinajstić information content (AvgIpc) is 2.97. The summed E-state index contributed by atoms with van der Waals surface area (Å²) < 4.78 is 14.0. The number of halogens is 1. The summed E-state index contributed by atoms with van der Waals surface area (Å²) in [7, 11) is 0. The third-order valence-electron chi connectivity index (χ3n) is 3.70. The average molecular weight is 301 g/mol. The van der Waals surface area contributed by atoms with Crippen LogP contribution in [0.5, 0.6) is 0 Å². The van der Waals surface area contributed by atoms with Crippen LogP contribution in [0, 0.1) is 12.7 Å². The second-order valence-corrected chi connectivity index (χ2v) is 6.25. The van der Waals surface area contributed by atoms with Gasteiger partial charge in [-0.05, 0) is 24.6 Å². The number of hydrogen-bond donors (Lipinski definition) is 0. The SMILES string of the molecule is Cc1ccccc1C(=O)N1CCS[C@H]1c1ccccc1F. The van der Waals surface area contributed by atoms with Crippen LogP contribution in [-0.4, -0.2) is 23.1 Å². The molecule has 1 saturated heterocycles. The lowest BCUT2D eigenvalue weighted by Gasteiger charge is -2.25. The van der Waals surface area contributed by atoms with Crippen molar-refractivity contribution in [2.75, 3.05) is 12.3 Å². The van der Waals surface area contributed by atoms with Crippen molar-refractivity contribution in [1.29, 1.82) is 0 Å². The van der Waals surface area contributed by atoms with Crippen molar-refractivity contribution in [3.05, 3.63) is 71.0 Å². The lowest BCUT2D eigenvalue weighted by Crippen LogP contribution is -2.31. The van der Waals surface area contributed by atoms with Crippen molar-refractivity contribution in [1.82, 2.24) is 4.90 Å². The Morgan fingerprint density at radius 3 is 2.67 bits per heavy atom. The molecule has 1 fully saturated rings. The molecule has 0 bridgehead atoms. The Hall–Kier alpha value is -1.81. The Bertz CT molecular complexity index is 673. The van der Waals surface area contributed by atoms with E-state index >= 15 is 0 Å². The molecule has 2 nitrogen and oxygen atoms in total. The van der Waals surface area contributed by atoms with Gasteiger partial charge < -0.3 is 4.90 Å². The second kappa shape index (κ2) is 5.90. The Balaban J connectivity index is 1.93. The van der Waals surface area contributed by atoms with Crippen LogP contribution in [0.15, 0.2) is 48.5 Å². The minimum Gasteiger partial charge on any atom is -0.322 e. The highest BCUT2D eigenvalue weighted by atomic mass is 32.2. The van der Waals surface area contributed by atoms with Gasteiger partial charge in [-0.1, -0.05) is 36.4 Å². The maximum Gasteiger partial charge on any atom is 0.255 e. The molecule has 1 aliphatic heterocycles. The molecule has 108 valence electrons. The van der Waals surface area contributed by atoms with Crippen molar-refractivity contribution in [3.63, 3.8) is 0 Å². The molecular formula is C17H16FNOS. The van der Waals surface area contributed by atoms with E-state index in [-0.39, 0.29) is 17.1 Å². The summed E-state index contributed by atoms with van der Waals surface area (Å²) in [5.41, 5.74) is 2.23. The molecule has 1 heterocycles. The molecule has 3 rings (SSSR count). The van der Waals surface area contributed by atoms with E-state index in [1.807, 2.05) is 37.3 Å². The first-order chi connectivity index (χ1) is 10.2. The van der Waals surface area contributed by atoms with Crippen molar-refractivity contribution in [3.8, 4) is 0 Å². The van der Waals surface area contributed by atoms with E-state index in [9.17, 15) is 9.18 Å². The van der Waals surface area contributed by atoms with E-state index in [4.69, 9.17) is 0 Å². The summed E-state index contributed by atoms with van der Waals surface area (Å²) in [6.45, 7) is 2.57. The molecule has 0 unspecified atom stereocenters. The fourth-order valence-electron chi connectivity index (χ4n) is 2.58. The van der Waals surface area contributed by atoms with Gasteiger partial charge in [0.1, 0.15) is 11.2 Å². The maximum atomic E-state index is 14.0. The number of carbonyl (C=O) groups is 1. The lowest BCUT2D eigenvalue weighted by molar-refractivity contribution is 0.0758. The largest absolute Gasteiger partial charge is 0.322 e. The zero-order chi connectivity index (χ0) is 14.8. The highest BCUT2D eigenvalue weighted by Crippen LogP contribution is 2.39. The number of rotatable bonds is 2. The number of hydrogen-bond acceptors (Lipinski definition) is 2. The molecule has 0 aliphatic carbocycles. The first-order valence-corrected chi connectivity index (χ1v) is 7.96. The Kier molecular flexibility index (Phi) is 3.97. The highest BCUT2D eigenvalue weighted by Gasteiger charge is 2.33. The number of aryl methyl sites for hydroxylation is 1. The summed E-state index contributed by atoms with van der Waals surface area (Å²) in [4.78, 5) is 14.5. The predicted molar refractivity (Wildman–Crippen MR) is 83.8 cm³/mol. The molecule has 0 radical (unpaired) electrons. The standard InChI is InChI=1S/C17H16FNOS/c1-12-6-2-3-7-13(12)16(20)19-10-11-21-17(19)14-8-4-5-9-15(14)18/h2-9,17H,10-11H2,1H3/t17-/m0/s1. The minimum atomic E-state index is -0.250. The van der Waals surface area contributed by atoms with E-state index in [2.05, 4.69) is 0 Å². The van der Waals surface area contributed by atoms with Gasteiger partial charge >= 0.3 is 0 Å². The van der Waals surface area contributed by atoms with Gasteiger partial charge in [0.2, 0.25) is 0 Å². The first kappa shape index (κ1) is 14.1. The van der Waals surface area contributed by atoms with Gasteiger partial charge in [-0.3, -0.25) is 4.79 Å². The molecule has 0 aromatic heterocycles. The fraction of sp³-hybridized carbons (Fsp3) is 0.235. The van der Waals surface area contributed by atoms with E-state index in [0.29, 0.717) is 17.7 Å². The van der Waals surface area contributed by atoms with Crippen molar-refractivity contribution < 1.29 is 9.18 Å². The molecule has 2 aromatic rings. The number of thioether (sulfide) groups is 1. The molecule has 0 N–H and O–H groups in total. The highest BCUT2D eigenvalue weighted by molar-refractivity contribution is 7.99. The van der Waals surface area contributed by atoms with Gasteiger partial charge in [0.25, 0.3) is 5.91 Å². The summed E-state index contributed by atoms with van der Waals surface area (Å²) in [6.07, 6.45) is 0. The zero-order valence-corrected chi connectivity index (χ0v) is 12.6. The van der Waals surface area contributed by atoms with Crippen molar-refractivity contribution in [2.24, 2.45) is 0 Å². The van der Waals surface area contributed by atoms with Crippen LogP contribution in [0.3, 0.4) is 0 Å². The van der Waals surface area contributed by atoms with Crippen LogP contribution in [0.25, 0.3) is 0 Å². The Morgan fingerprint density at radius 1 is 1.19 bits per heavy atom. The van der Waals surface area contributed by atoms with Crippen LogP contribution in [0.4, 0.5) is 4.39 Å². The van der Waals surface area contributed by atoms with Gasteiger partial charge in [0.15, 0.2) is 0 Å². The number of carbonyl (C=O) groups excluding carboxylic acids is 1. The summed E-state index contributed by atoms with van der Waals surface area (Å²) >= 11 is 1.61. The second-order valence-electron chi connectivity index (χ2n) is 5.06. The molecule has 21 heavy (non-hydrogen) atoms. The smallest absolute Gasteiger partial charge is 0.255 e. The van der Waals surface area contributed by atoms with Crippen LogP contribution in [0.2, 0.25) is 0 Å². The van der Waals surface area contributed by atoms with Crippen molar-refractivity contribution >= 4 is 17.7 Å². The van der Waals surface area contributed by atoms with Gasteiger partial charge in [0.05, 0.1) is 0 Å². The topological polar surface area (TPSA) is 20.3 Å². The molecule has 1 atom stereocenters. The van der Waals surface area contributed by atoms with Crippen LogP contribution in [-0.2, 0) is 0 Å². The molecule has 1 amide bonds. The van der Waals surface area contributed by atoms with Gasteiger partial charge in [-0.2, -0.15) is 0 Å². The molecule has 0 spiro atoms. The number of nitrogens with zero attached hydrogens (tertiary/aromatic N) is 1. The van der Waals surface area contributed by atoms with Gasteiger partial charge in [-0.15, -0.1) is 11.8 Å².